The molecule has 0 radical (unpaired) electrons. The first kappa shape index (κ1) is 19.2. The third-order valence-corrected chi connectivity index (χ3v) is 4.95. The second-order valence-corrected chi connectivity index (χ2v) is 6.86. The van der Waals surface area contributed by atoms with E-state index in [1.165, 1.54) is 0 Å². The largest absolute Gasteiger partial charge is 0.497 e. The van der Waals surface area contributed by atoms with Crippen LogP contribution in [0.1, 0.15) is 29.0 Å². The Bertz CT molecular complexity index is 928. The molecule has 29 heavy (non-hydrogen) atoms. The van der Waals surface area contributed by atoms with Gasteiger partial charge in [-0.15, -0.1) is 0 Å². The molecule has 1 fully saturated rings. The number of esters is 1. The van der Waals surface area contributed by atoms with Crippen molar-refractivity contribution in [1.29, 1.82) is 0 Å². The zero-order valence-electron chi connectivity index (χ0n) is 16.2. The monoisotopic (exact) mass is 389 g/mol. The van der Waals surface area contributed by atoms with Crippen LogP contribution in [-0.4, -0.2) is 19.2 Å². The van der Waals surface area contributed by atoms with Crippen LogP contribution >= 0.6 is 0 Å². The van der Waals surface area contributed by atoms with Crippen molar-refractivity contribution in [2.75, 3.05) is 7.11 Å². The Morgan fingerprint density at radius 3 is 2.21 bits per heavy atom. The Kier molecular flexibility index (Phi) is 5.89. The lowest BCUT2D eigenvalue weighted by molar-refractivity contribution is -0.158. The summed E-state index contributed by atoms with van der Waals surface area (Å²) in [6.45, 7) is 0.217. The van der Waals surface area contributed by atoms with Crippen LogP contribution in [0.3, 0.4) is 0 Å². The summed E-state index contributed by atoms with van der Waals surface area (Å²) in [5.74, 6) is 0.386. The van der Waals surface area contributed by atoms with Crippen molar-refractivity contribution >= 4 is 5.97 Å². The number of ether oxygens (including phenoxy) is 3. The van der Waals surface area contributed by atoms with E-state index in [0.29, 0.717) is 0 Å². The summed E-state index contributed by atoms with van der Waals surface area (Å²) in [4.78, 5) is 12.9. The van der Waals surface area contributed by atoms with Gasteiger partial charge in [-0.2, -0.15) is 0 Å². The van der Waals surface area contributed by atoms with E-state index < -0.39 is 12.3 Å². The van der Waals surface area contributed by atoms with Crippen LogP contribution in [-0.2, 0) is 20.9 Å². The van der Waals surface area contributed by atoms with E-state index in [0.717, 1.165) is 22.4 Å². The first-order valence-electron chi connectivity index (χ1n) is 9.55. The van der Waals surface area contributed by atoms with E-state index in [2.05, 4.69) is 5.32 Å². The van der Waals surface area contributed by atoms with Crippen LogP contribution in [0.4, 0.5) is 0 Å². The van der Waals surface area contributed by atoms with Gasteiger partial charge in [0.1, 0.15) is 18.6 Å². The Morgan fingerprint density at radius 1 is 0.897 bits per heavy atom. The number of hydrogen-bond acceptors (Lipinski definition) is 5. The topological polar surface area (TPSA) is 56.8 Å². The molecule has 0 bridgehead atoms. The number of benzene rings is 3. The van der Waals surface area contributed by atoms with E-state index in [1.807, 2.05) is 84.9 Å². The lowest BCUT2D eigenvalue weighted by Gasteiger charge is -2.17. The standard InChI is InChI=1S/C24H23NO4/c1-27-20-14-12-19(13-15-20)23-25-21(18-10-6-3-7-11-18)22(29-23)24(26)28-16-17-8-4-2-5-9-17/h2-15,21-23,25H,16H2,1H3/t21-,22+,23?/m0/s1. The number of carbonyl (C=O) groups excluding carboxylic acids is 1. The summed E-state index contributed by atoms with van der Waals surface area (Å²) in [6.07, 6.45) is -1.16. The van der Waals surface area contributed by atoms with Crippen LogP contribution < -0.4 is 10.1 Å². The molecule has 5 heteroatoms. The SMILES string of the molecule is COc1ccc(C2N[C@@H](c3ccccc3)[C@H](C(=O)OCc3ccccc3)O2)cc1. The average molecular weight is 389 g/mol. The molecule has 3 aromatic rings. The molecule has 4 rings (SSSR count). The second-order valence-electron chi connectivity index (χ2n) is 6.86. The fraction of sp³-hybridized carbons (Fsp3) is 0.208. The maximum absolute atomic E-state index is 12.9. The third-order valence-electron chi connectivity index (χ3n) is 4.95. The first-order valence-corrected chi connectivity index (χ1v) is 9.55. The molecule has 148 valence electrons. The van der Waals surface area contributed by atoms with Gasteiger partial charge in [0.2, 0.25) is 0 Å². The van der Waals surface area contributed by atoms with Crippen LogP contribution in [0.25, 0.3) is 0 Å². The van der Waals surface area contributed by atoms with Crippen molar-refractivity contribution in [3.63, 3.8) is 0 Å². The van der Waals surface area contributed by atoms with Gasteiger partial charge in [-0.1, -0.05) is 72.8 Å². The highest BCUT2D eigenvalue weighted by atomic mass is 16.6. The summed E-state index contributed by atoms with van der Waals surface area (Å²) in [6, 6.07) is 26.7. The lowest BCUT2D eigenvalue weighted by atomic mass is 10.0. The highest BCUT2D eigenvalue weighted by Crippen LogP contribution is 2.35. The molecular formula is C24H23NO4. The zero-order valence-corrected chi connectivity index (χ0v) is 16.2. The van der Waals surface area contributed by atoms with Gasteiger partial charge in [0.15, 0.2) is 6.10 Å². The van der Waals surface area contributed by atoms with Crippen molar-refractivity contribution in [2.45, 2.75) is 25.0 Å². The van der Waals surface area contributed by atoms with Crippen molar-refractivity contribution < 1.29 is 19.0 Å². The summed E-state index contributed by atoms with van der Waals surface area (Å²) < 4.78 is 16.9. The van der Waals surface area contributed by atoms with Crippen LogP contribution in [0.5, 0.6) is 5.75 Å². The van der Waals surface area contributed by atoms with Crippen LogP contribution in [0, 0.1) is 0 Å². The highest BCUT2D eigenvalue weighted by molar-refractivity contribution is 5.76. The normalized spacial score (nSPS) is 20.9. The van der Waals surface area contributed by atoms with Gasteiger partial charge in [-0.25, -0.2) is 4.79 Å². The molecule has 1 aliphatic rings. The van der Waals surface area contributed by atoms with Crippen molar-refractivity contribution in [2.24, 2.45) is 0 Å². The fourth-order valence-corrected chi connectivity index (χ4v) is 3.40. The van der Waals surface area contributed by atoms with Gasteiger partial charge in [-0.3, -0.25) is 5.32 Å². The molecule has 1 unspecified atom stereocenters. The third kappa shape index (κ3) is 4.47. The van der Waals surface area contributed by atoms with E-state index >= 15 is 0 Å². The minimum atomic E-state index is -0.742. The smallest absolute Gasteiger partial charge is 0.337 e. The molecule has 0 spiro atoms. The maximum Gasteiger partial charge on any atom is 0.337 e. The summed E-state index contributed by atoms with van der Waals surface area (Å²) in [5, 5.41) is 3.43. The van der Waals surface area contributed by atoms with Gasteiger partial charge >= 0.3 is 5.97 Å². The van der Waals surface area contributed by atoms with Gasteiger partial charge in [0, 0.05) is 0 Å². The van der Waals surface area contributed by atoms with E-state index in [1.54, 1.807) is 7.11 Å². The Balaban J connectivity index is 1.52. The molecule has 1 N–H and O–H groups in total. The Hall–Kier alpha value is -3.15. The Labute approximate surface area is 170 Å². The zero-order chi connectivity index (χ0) is 20.1. The minimum absolute atomic E-state index is 0.217. The maximum atomic E-state index is 12.9. The number of rotatable bonds is 6. The number of carbonyl (C=O) groups is 1. The molecule has 0 aromatic heterocycles. The number of methoxy groups -OCH3 is 1. The van der Waals surface area contributed by atoms with E-state index in [4.69, 9.17) is 14.2 Å². The predicted molar refractivity (Wildman–Crippen MR) is 109 cm³/mol. The molecule has 5 nitrogen and oxygen atoms in total. The molecular weight excluding hydrogens is 366 g/mol. The first-order chi connectivity index (χ1) is 14.2. The molecule has 3 aromatic carbocycles. The summed E-state index contributed by atoms with van der Waals surface area (Å²) in [5.41, 5.74) is 2.84. The summed E-state index contributed by atoms with van der Waals surface area (Å²) >= 11 is 0. The van der Waals surface area contributed by atoms with Gasteiger partial charge in [0.05, 0.1) is 13.2 Å². The quantitative estimate of drug-likeness (QED) is 0.642. The molecule has 0 saturated carbocycles. The summed E-state index contributed by atoms with van der Waals surface area (Å²) in [7, 11) is 1.63. The molecule has 1 heterocycles. The van der Waals surface area contributed by atoms with E-state index in [9.17, 15) is 4.79 Å². The highest BCUT2D eigenvalue weighted by Gasteiger charge is 2.41. The number of nitrogens with one attached hydrogen (secondary N) is 1. The molecule has 3 atom stereocenters. The molecule has 0 amide bonds. The van der Waals surface area contributed by atoms with Gasteiger partial charge in [0.25, 0.3) is 0 Å². The van der Waals surface area contributed by atoms with E-state index in [-0.39, 0.29) is 18.6 Å². The fourth-order valence-electron chi connectivity index (χ4n) is 3.40. The van der Waals surface area contributed by atoms with Gasteiger partial charge in [-0.05, 0) is 28.8 Å². The lowest BCUT2D eigenvalue weighted by Crippen LogP contribution is -2.30. The van der Waals surface area contributed by atoms with Crippen LogP contribution in [0.2, 0.25) is 0 Å². The van der Waals surface area contributed by atoms with Crippen LogP contribution in [0.15, 0.2) is 84.9 Å². The minimum Gasteiger partial charge on any atom is -0.497 e. The molecule has 0 aliphatic carbocycles. The molecule has 1 saturated heterocycles. The predicted octanol–water partition coefficient (Wildman–Crippen LogP) is 4.17. The average Bonchev–Trinajstić information content (AvgIpc) is 3.24. The van der Waals surface area contributed by atoms with Gasteiger partial charge < -0.3 is 14.2 Å². The Morgan fingerprint density at radius 2 is 1.55 bits per heavy atom. The number of hydrogen-bond donors (Lipinski definition) is 1. The second kappa shape index (κ2) is 8.90. The van der Waals surface area contributed by atoms with Crippen molar-refractivity contribution in [3.05, 3.63) is 102 Å². The molecule has 1 aliphatic heterocycles. The van der Waals surface area contributed by atoms with Crippen molar-refractivity contribution in [1.82, 2.24) is 5.32 Å². The van der Waals surface area contributed by atoms with Crippen molar-refractivity contribution in [3.8, 4) is 5.75 Å².